The third-order valence-electron chi connectivity index (χ3n) is 11.2. The molecule has 1 aliphatic heterocycles. The second-order valence-electron chi connectivity index (χ2n) is 12.9. The van der Waals surface area contributed by atoms with Crippen molar-refractivity contribution in [1.29, 1.82) is 0 Å². The van der Waals surface area contributed by atoms with E-state index in [1.54, 1.807) is 0 Å². The number of unbranched alkanes of at least 4 members (excludes halogenated alkanes) is 2. The molecule has 5 aliphatic rings. The highest BCUT2D eigenvalue weighted by Crippen LogP contribution is 2.68. The van der Waals surface area contributed by atoms with Crippen molar-refractivity contribution in [2.24, 2.45) is 40.4 Å². The summed E-state index contributed by atoms with van der Waals surface area (Å²) in [5.74, 6) is 2.09. The zero-order valence-corrected chi connectivity index (χ0v) is 21.0. The lowest BCUT2D eigenvalue weighted by atomic mass is 9.43. The number of rotatable bonds is 5. The van der Waals surface area contributed by atoms with Gasteiger partial charge >= 0.3 is 0 Å². The Morgan fingerprint density at radius 3 is 2.44 bits per heavy atom. The first-order chi connectivity index (χ1) is 15.2. The summed E-state index contributed by atoms with van der Waals surface area (Å²) >= 11 is 0. The van der Waals surface area contributed by atoms with Crippen molar-refractivity contribution in [3.05, 3.63) is 0 Å². The number of fused-ring (bicyclic) bond motifs is 5. The molecular formula is C28H46O4. The van der Waals surface area contributed by atoms with Crippen molar-refractivity contribution < 1.29 is 19.4 Å². The molecular weight excluding hydrogens is 400 g/mol. The summed E-state index contributed by atoms with van der Waals surface area (Å²) in [6, 6.07) is 0. The van der Waals surface area contributed by atoms with Gasteiger partial charge < -0.3 is 14.6 Å². The van der Waals surface area contributed by atoms with E-state index in [0.717, 1.165) is 44.9 Å². The summed E-state index contributed by atoms with van der Waals surface area (Å²) in [5.41, 5.74) is -0.431. The molecule has 0 unspecified atom stereocenters. The first-order valence-corrected chi connectivity index (χ1v) is 13.7. The monoisotopic (exact) mass is 446 g/mol. The molecule has 4 nitrogen and oxygen atoms in total. The van der Waals surface area contributed by atoms with E-state index in [4.69, 9.17) is 9.47 Å². The Labute approximate surface area is 195 Å². The molecule has 182 valence electrons. The summed E-state index contributed by atoms with van der Waals surface area (Å²) in [6.07, 6.45) is 12.6. The maximum absolute atomic E-state index is 13.9. The van der Waals surface area contributed by atoms with E-state index in [2.05, 4.69) is 27.7 Å². The molecule has 4 aliphatic carbocycles. The van der Waals surface area contributed by atoms with Gasteiger partial charge in [-0.25, -0.2) is 0 Å². The molecule has 0 aromatic carbocycles. The zero-order valence-electron chi connectivity index (χ0n) is 21.0. The lowest BCUT2D eigenvalue weighted by molar-refractivity contribution is -0.217. The van der Waals surface area contributed by atoms with Crippen LogP contribution in [0, 0.1) is 40.4 Å². The van der Waals surface area contributed by atoms with E-state index in [-0.39, 0.29) is 16.7 Å². The van der Waals surface area contributed by atoms with E-state index < -0.39 is 11.4 Å². The predicted octanol–water partition coefficient (Wildman–Crippen LogP) is 5.90. The number of ketones is 1. The Morgan fingerprint density at radius 2 is 1.72 bits per heavy atom. The van der Waals surface area contributed by atoms with E-state index in [1.807, 2.05) is 0 Å². The minimum Gasteiger partial charge on any atom is -0.390 e. The summed E-state index contributed by atoms with van der Waals surface area (Å²) in [4.78, 5) is 13.9. The zero-order chi connectivity index (χ0) is 22.8. The lowest BCUT2D eigenvalue weighted by Crippen LogP contribution is -2.60. The highest BCUT2D eigenvalue weighted by Gasteiger charge is 2.66. The number of carbonyl (C=O) groups is 1. The van der Waals surface area contributed by atoms with Crippen LogP contribution < -0.4 is 0 Å². The smallest absolute Gasteiger partial charge is 0.169 e. The van der Waals surface area contributed by atoms with Crippen LogP contribution in [0.2, 0.25) is 0 Å². The first kappa shape index (κ1) is 23.3. The lowest BCUT2D eigenvalue weighted by Gasteiger charge is -2.61. The maximum atomic E-state index is 13.9. The fourth-order valence-corrected chi connectivity index (χ4v) is 9.66. The Morgan fingerprint density at radius 1 is 0.969 bits per heavy atom. The Bertz CT molecular complexity index is 729. The van der Waals surface area contributed by atoms with Crippen LogP contribution in [0.25, 0.3) is 0 Å². The van der Waals surface area contributed by atoms with Crippen LogP contribution in [0.1, 0.15) is 105 Å². The fourth-order valence-electron chi connectivity index (χ4n) is 9.66. The van der Waals surface area contributed by atoms with Gasteiger partial charge in [0.1, 0.15) is 5.78 Å². The number of hydrogen-bond donors (Lipinski definition) is 1. The molecule has 5 fully saturated rings. The normalized spacial score (nSPS) is 50.0. The van der Waals surface area contributed by atoms with Crippen LogP contribution in [-0.4, -0.2) is 35.5 Å². The molecule has 0 aromatic rings. The Hall–Kier alpha value is -0.450. The van der Waals surface area contributed by atoms with Gasteiger partial charge in [-0.05, 0) is 86.9 Å². The number of ether oxygens (including phenoxy) is 2. The second-order valence-corrected chi connectivity index (χ2v) is 12.9. The number of aliphatic hydroxyl groups is 1. The van der Waals surface area contributed by atoms with Crippen LogP contribution in [0.4, 0.5) is 0 Å². The average Bonchev–Trinajstić information content (AvgIpc) is 3.32. The minimum absolute atomic E-state index is 0.00388. The van der Waals surface area contributed by atoms with Gasteiger partial charge in [-0.15, -0.1) is 0 Å². The molecule has 8 atom stereocenters. The molecule has 5 rings (SSSR count). The van der Waals surface area contributed by atoms with Gasteiger partial charge in [-0.2, -0.15) is 0 Å². The maximum Gasteiger partial charge on any atom is 0.169 e. The van der Waals surface area contributed by atoms with Gasteiger partial charge in [0.2, 0.25) is 0 Å². The molecule has 1 N–H and O–H groups in total. The van der Waals surface area contributed by atoms with Crippen LogP contribution in [-0.2, 0) is 14.3 Å². The van der Waals surface area contributed by atoms with Crippen molar-refractivity contribution in [3.8, 4) is 0 Å². The largest absolute Gasteiger partial charge is 0.390 e. The van der Waals surface area contributed by atoms with Crippen molar-refractivity contribution in [1.82, 2.24) is 0 Å². The van der Waals surface area contributed by atoms with Gasteiger partial charge in [0.25, 0.3) is 0 Å². The van der Waals surface area contributed by atoms with Gasteiger partial charge in [0.15, 0.2) is 5.79 Å². The Balaban J connectivity index is 1.36. The molecule has 0 amide bonds. The van der Waals surface area contributed by atoms with E-state index in [9.17, 15) is 9.90 Å². The summed E-state index contributed by atoms with van der Waals surface area (Å²) in [7, 11) is 0. The van der Waals surface area contributed by atoms with E-state index in [0.29, 0.717) is 49.1 Å². The van der Waals surface area contributed by atoms with Gasteiger partial charge in [-0.1, -0.05) is 40.0 Å². The Kier molecular flexibility index (Phi) is 5.86. The molecule has 4 saturated carbocycles. The molecule has 0 radical (unpaired) electrons. The summed E-state index contributed by atoms with van der Waals surface area (Å²) < 4.78 is 12.2. The highest BCUT2D eigenvalue weighted by atomic mass is 16.7. The molecule has 1 heterocycles. The topological polar surface area (TPSA) is 55.8 Å². The van der Waals surface area contributed by atoms with Gasteiger partial charge in [0.05, 0.1) is 18.8 Å². The third-order valence-corrected chi connectivity index (χ3v) is 11.2. The highest BCUT2D eigenvalue weighted by molar-refractivity contribution is 5.84. The minimum atomic E-state index is -0.516. The molecule has 32 heavy (non-hydrogen) atoms. The van der Waals surface area contributed by atoms with Crippen molar-refractivity contribution in [2.75, 3.05) is 13.2 Å². The molecule has 0 aromatic heterocycles. The van der Waals surface area contributed by atoms with Gasteiger partial charge in [0, 0.05) is 18.3 Å². The summed E-state index contributed by atoms with van der Waals surface area (Å²) in [6.45, 7) is 10.5. The van der Waals surface area contributed by atoms with Crippen LogP contribution >= 0.6 is 0 Å². The average molecular weight is 447 g/mol. The van der Waals surface area contributed by atoms with Crippen molar-refractivity contribution >= 4 is 5.78 Å². The molecule has 0 bridgehead atoms. The standard InChI is InChI=1S/C28H46O4/c1-5-6-7-12-28(30)14-13-25(2)19(17-28)8-9-20-21-10-11-23(27(4)31-15-16-32-27)26(21,3)18-22(29)24(20)25/h19-21,23-24,30H,5-18H2,1-4H3/t19-,20-,21-,23-,24+,25-,26-,28+/m0/s1. The van der Waals surface area contributed by atoms with Crippen molar-refractivity contribution in [2.45, 2.75) is 116 Å². The molecule has 0 spiro atoms. The van der Waals surface area contributed by atoms with E-state index >= 15 is 0 Å². The number of Topliss-reactive ketones (excluding diaryl/α,β-unsaturated/α-hetero) is 1. The number of carbonyl (C=O) groups excluding carboxylic acids is 1. The van der Waals surface area contributed by atoms with E-state index in [1.165, 1.54) is 25.7 Å². The molecule has 1 saturated heterocycles. The predicted molar refractivity (Wildman–Crippen MR) is 125 cm³/mol. The van der Waals surface area contributed by atoms with Crippen LogP contribution in [0.3, 0.4) is 0 Å². The summed E-state index contributed by atoms with van der Waals surface area (Å²) in [5, 5.41) is 11.4. The van der Waals surface area contributed by atoms with Crippen LogP contribution in [0.5, 0.6) is 0 Å². The van der Waals surface area contributed by atoms with Crippen molar-refractivity contribution in [3.63, 3.8) is 0 Å². The third kappa shape index (κ3) is 3.45. The quantitative estimate of drug-likeness (QED) is 0.534. The SMILES string of the molecule is CCCCC[C@@]1(O)CC[C@@]2(C)[C@@H](CC[C@H]3[C@@H]4CC[C@H](C5(C)OCCO5)[C@@]4(C)CC(=O)[C@@H]32)C1. The second kappa shape index (κ2) is 8.05. The van der Waals surface area contributed by atoms with Crippen LogP contribution in [0.15, 0.2) is 0 Å². The molecule has 4 heteroatoms. The number of hydrogen-bond acceptors (Lipinski definition) is 4. The van der Waals surface area contributed by atoms with Gasteiger partial charge in [-0.3, -0.25) is 4.79 Å². The fraction of sp³-hybridized carbons (Fsp3) is 0.964. The first-order valence-electron chi connectivity index (χ1n) is 13.7.